The molecule has 0 atom stereocenters. The first-order valence-corrected chi connectivity index (χ1v) is 10.5. The maximum absolute atomic E-state index is 13.2. The number of aryl methyl sites for hydroxylation is 1. The molecule has 0 aliphatic heterocycles. The molecule has 5 rings (SSSR count). The number of nitrogens with one attached hydrogen (secondary N) is 1. The van der Waals surface area contributed by atoms with Crippen molar-refractivity contribution >= 4 is 34.0 Å². The summed E-state index contributed by atoms with van der Waals surface area (Å²) in [6.07, 6.45) is -4.46. The van der Waals surface area contributed by atoms with Gasteiger partial charge < -0.3 is 5.32 Å². The van der Waals surface area contributed by atoms with Gasteiger partial charge in [-0.15, -0.1) is 5.10 Å². The molecule has 0 fully saturated rings. The fraction of sp³-hybridized carbons (Fsp3) is 0.125. The maximum Gasteiger partial charge on any atom is 0.416 e. The van der Waals surface area contributed by atoms with E-state index >= 15 is 0 Å². The summed E-state index contributed by atoms with van der Waals surface area (Å²) in [5.41, 5.74) is 3.03. The zero-order chi connectivity index (χ0) is 23.2. The number of aromatic nitrogens is 4. The van der Waals surface area contributed by atoms with Gasteiger partial charge >= 0.3 is 6.18 Å². The summed E-state index contributed by atoms with van der Waals surface area (Å²) in [6, 6.07) is 18.3. The van der Waals surface area contributed by atoms with Gasteiger partial charge in [0.1, 0.15) is 11.5 Å². The Morgan fingerprint density at radius 3 is 2.55 bits per heavy atom. The van der Waals surface area contributed by atoms with Gasteiger partial charge in [0, 0.05) is 22.5 Å². The summed E-state index contributed by atoms with van der Waals surface area (Å²) < 4.78 is 41.2. The fourth-order valence-electron chi connectivity index (χ4n) is 3.64. The average molecular weight is 468 g/mol. The van der Waals surface area contributed by atoms with E-state index in [1.165, 1.54) is 10.6 Å². The van der Waals surface area contributed by atoms with Crippen molar-refractivity contribution in [3.8, 4) is 11.3 Å². The molecule has 0 bridgehead atoms. The smallest absolute Gasteiger partial charge is 0.365 e. The first kappa shape index (κ1) is 21.2. The lowest BCUT2D eigenvalue weighted by Crippen LogP contribution is -2.05. The van der Waals surface area contributed by atoms with Crippen molar-refractivity contribution in [3.63, 3.8) is 0 Å². The van der Waals surface area contributed by atoms with Crippen LogP contribution in [0.3, 0.4) is 0 Å². The molecule has 0 aliphatic rings. The number of halogens is 4. The predicted molar refractivity (Wildman–Crippen MR) is 122 cm³/mol. The zero-order valence-corrected chi connectivity index (χ0v) is 18.1. The lowest BCUT2D eigenvalue weighted by atomic mass is 10.1. The van der Waals surface area contributed by atoms with E-state index in [9.17, 15) is 13.2 Å². The van der Waals surface area contributed by atoms with Crippen LogP contribution in [-0.2, 0) is 12.7 Å². The number of fused-ring (bicyclic) bond motifs is 3. The quantitative estimate of drug-likeness (QED) is 0.326. The molecule has 9 heteroatoms. The number of hydrogen-bond acceptors (Lipinski definition) is 4. The van der Waals surface area contributed by atoms with Crippen molar-refractivity contribution in [2.24, 2.45) is 0 Å². The Labute approximate surface area is 191 Å². The van der Waals surface area contributed by atoms with Gasteiger partial charge in [-0.05, 0) is 42.8 Å². The van der Waals surface area contributed by atoms with Gasteiger partial charge in [-0.3, -0.25) is 0 Å². The van der Waals surface area contributed by atoms with Gasteiger partial charge in [0.15, 0.2) is 5.65 Å². The Balaban J connectivity index is 1.64. The second-order valence-corrected chi connectivity index (χ2v) is 8.15. The molecule has 33 heavy (non-hydrogen) atoms. The van der Waals surface area contributed by atoms with E-state index in [4.69, 9.17) is 16.6 Å². The lowest BCUT2D eigenvalue weighted by Gasteiger charge is -2.11. The fourth-order valence-corrected chi connectivity index (χ4v) is 3.82. The molecule has 0 amide bonds. The average Bonchev–Trinajstić information content (AvgIpc) is 3.22. The van der Waals surface area contributed by atoms with Crippen LogP contribution >= 0.6 is 11.6 Å². The monoisotopic (exact) mass is 467 g/mol. The summed E-state index contributed by atoms with van der Waals surface area (Å²) >= 11 is 6.23. The van der Waals surface area contributed by atoms with Crippen LogP contribution in [0.25, 0.3) is 27.8 Å². The van der Waals surface area contributed by atoms with Crippen molar-refractivity contribution in [2.75, 3.05) is 5.32 Å². The van der Waals surface area contributed by atoms with Gasteiger partial charge in [0.05, 0.1) is 11.1 Å². The highest BCUT2D eigenvalue weighted by molar-refractivity contribution is 6.31. The minimum Gasteiger partial charge on any atom is -0.365 e. The van der Waals surface area contributed by atoms with E-state index in [0.717, 1.165) is 28.6 Å². The molecule has 5 aromatic rings. The number of alkyl halides is 3. The molecule has 0 saturated heterocycles. The van der Waals surface area contributed by atoms with Crippen LogP contribution in [0, 0.1) is 6.92 Å². The van der Waals surface area contributed by atoms with Crippen LogP contribution in [0.2, 0.25) is 5.02 Å². The van der Waals surface area contributed by atoms with Crippen LogP contribution in [0.1, 0.15) is 16.7 Å². The third-order valence-corrected chi connectivity index (χ3v) is 5.59. The largest absolute Gasteiger partial charge is 0.416 e. The Hall–Kier alpha value is -3.65. The molecule has 1 N–H and O–H groups in total. The molecule has 0 aliphatic carbocycles. The van der Waals surface area contributed by atoms with Crippen molar-refractivity contribution in [2.45, 2.75) is 19.6 Å². The van der Waals surface area contributed by atoms with Gasteiger partial charge in [-0.25, -0.2) is 4.98 Å². The summed E-state index contributed by atoms with van der Waals surface area (Å²) in [7, 11) is 0. The Kier molecular flexibility index (Phi) is 5.17. The van der Waals surface area contributed by atoms with E-state index in [1.54, 1.807) is 24.3 Å². The molecule has 0 spiro atoms. The Morgan fingerprint density at radius 1 is 1.00 bits per heavy atom. The standard InChI is InChI=1S/C24H17ClF3N5/c1-14-5-7-15(8-6-14)13-29-22-19-12-18(25)9-10-20(19)33-23(30-22)21(31-32-33)16-3-2-4-17(11-16)24(26,27)28/h2-12H,13H2,1H3,(H,29,30). The highest BCUT2D eigenvalue weighted by Crippen LogP contribution is 2.34. The summed E-state index contributed by atoms with van der Waals surface area (Å²) in [5.74, 6) is 0.538. The topological polar surface area (TPSA) is 55.1 Å². The molecule has 0 radical (unpaired) electrons. The van der Waals surface area contributed by atoms with Crippen molar-refractivity contribution in [1.82, 2.24) is 19.8 Å². The van der Waals surface area contributed by atoms with E-state index < -0.39 is 11.7 Å². The van der Waals surface area contributed by atoms with Gasteiger partial charge in [0.25, 0.3) is 0 Å². The summed E-state index contributed by atoms with van der Waals surface area (Å²) in [6.45, 7) is 2.52. The predicted octanol–water partition coefficient (Wildman–Crippen LogP) is 6.54. The molecule has 166 valence electrons. The van der Waals surface area contributed by atoms with Crippen LogP contribution in [0.15, 0.2) is 66.7 Å². The van der Waals surface area contributed by atoms with Crippen LogP contribution in [-0.4, -0.2) is 19.8 Å². The molecule has 3 aromatic carbocycles. The Morgan fingerprint density at radius 2 is 1.79 bits per heavy atom. The van der Waals surface area contributed by atoms with E-state index in [1.807, 2.05) is 31.2 Å². The molecule has 5 nitrogen and oxygen atoms in total. The second-order valence-electron chi connectivity index (χ2n) is 7.71. The summed E-state index contributed by atoms with van der Waals surface area (Å²) in [4.78, 5) is 4.69. The van der Waals surface area contributed by atoms with Crippen LogP contribution < -0.4 is 5.32 Å². The van der Waals surface area contributed by atoms with E-state index in [2.05, 4.69) is 15.6 Å². The van der Waals surface area contributed by atoms with Crippen molar-refractivity contribution in [1.29, 1.82) is 0 Å². The van der Waals surface area contributed by atoms with Crippen molar-refractivity contribution in [3.05, 3.63) is 88.4 Å². The van der Waals surface area contributed by atoms with E-state index in [0.29, 0.717) is 28.5 Å². The minimum atomic E-state index is -4.46. The highest BCUT2D eigenvalue weighted by atomic mass is 35.5. The number of benzene rings is 3. The van der Waals surface area contributed by atoms with E-state index in [-0.39, 0.29) is 11.3 Å². The zero-order valence-electron chi connectivity index (χ0n) is 17.4. The van der Waals surface area contributed by atoms with Gasteiger partial charge in [-0.1, -0.05) is 58.8 Å². The normalized spacial score (nSPS) is 11.9. The molecular weight excluding hydrogens is 451 g/mol. The number of hydrogen-bond donors (Lipinski definition) is 1. The first-order chi connectivity index (χ1) is 15.8. The number of rotatable bonds is 4. The van der Waals surface area contributed by atoms with Gasteiger partial charge in [-0.2, -0.15) is 17.7 Å². The minimum absolute atomic E-state index is 0.260. The Bertz CT molecular complexity index is 1480. The van der Waals surface area contributed by atoms with Crippen LogP contribution in [0.4, 0.5) is 19.0 Å². The van der Waals surface area contributed by atoms with Crippen molar-refractivity contribution < 1.29 is 13.2 Å². The van der Waals surface area contributed by atoms with Crippen LogP contribution in [0.5, 0.6) is 0 Å². The van der Waals surface area contributed by atoms with Gasteiger partial charge in [0.2, 0.25) is 0 Å². The molecule has 0 saturated carbocycles. The third-order valence-electron chi connectivity index (χ3n) is 5.35. The maximum atomic E-state index is 13.2. The summed E-state index contributed by atoms with van der Waals surface area (Å²) in [5, 5.41) is 12.9. The molecular formula is C24H17ClF3N5. The SMILES string of the molecule is Cc1ccc(CNc2nc3c(-c4cccc(C(F)(F)F)c4)nnn3c3ccc(Cl)cc23)cc1. The lowest BCUT2D eigenvalue weighted by molar-refractivity contribution is -0.137. The molecule has 0 unspecified atom stereocenters. The molecule has 2 heterocycles. The second kappa shape index (κ2) is 8.04. The number of anilines is 1. The number of nitrogens with zero attached hydrogens (tertiary/aromatic N) is 4. The molecule has 2 aromatic heterocycles. The highest BCUT2D eigenvalue weighted by Gasteiger charge is 2.31. The first-order valence-electron chi connectivity index (χ1n) is 10.1. The third kappa shape index (κ3) is 4.09.